The minimum absolute atomic E-state index is 0.277. The van der Waals surface area contributed by atoms with Crippen LogP contribution in [-0.2, 0) is 6.18 Å². The van der Waals surface area contributed by atoms with Crippen molar-refractivity contribution >= 4 is 44.4 Å². The lowest BCUT2D eigenvalue weighted by molar-refractivity contribution is -0.137. The second kappa shape index (κ2) is 8.12. The van der Waals surface area contributed by atoms with Gasteiger partial charge in [-0.1, -0.05) is 35.2 Å². The van der Waals surface area contributed by atoms with E-state index in [4.69, 9.17) is 0 Å². The number of alkyl halides is 3. The van der Waals surface area contributed by atoms with Crippen molar-refractivity contribution in [3.05, 3.63) is 71.8 Å². The van der Waals surface area contributed by atoms with Crippen LogP contribution < -0.4 is 5.32 Å². The molecule has 1 aromatic heterocycles. The van der Waals surface area contributed by atoms with E-state index in [0.29, 0.717) is 25.6 Å². The van der Waals surface area contributed by atoms with Crippen molar-refractivity contribution in [1.29, 1.82) is 0 Å². The third-order valence-corrected chi connectivity index (χ3v) is 6.26. The molecule has 0 aliphatic carbocycles. The van der Waals surface area contributed by atoms with Crippen molar-refractivity contribution in [2.24, 2.45) is 0 Å². The molecule has 31 heavy (non-hydrogen) atoms. The van der Waals surface area contributed by atoms with E-state index in [1.165, 1.54) is 36.0 Å². The molecular formula is C21H13F3N2O3S2. The van der Waals surface area contributed by atoms with E-state index in [9.17, 15) is 28.2 Å². The normalized spacial score (nSPS) is 11.6. The second-order valence-corrected chi connectivity index (χ2v) is 8.55. The van der Waals surface area contributed by atoms with Crippen molar-refractivity contribution in [3.8, 4) is 11.5 Å². The minimum atomic E-state index is -4.41. The Morgan fingerprint density at radius 2 is 1.68 bits per heavy atom. The van der Waals surface area contributed by atoms with Crippen LogP contribution in [0.25, 0.3) is 10.2 Å². The summed E-state index contributed by atoms with van der Waals surface area (Å²) in [6.07, 6.45) is -4.41. The first-order valence-electron chi connectivity index (χ1n) is 8.79. The lowest BCUT2D eigenvalue weighted by Crippen LogP contribution is -2.12. The zero-order valence-corrected chi connectivity index (χ0v) is 17.1. The number of amides is 1. The summed E-state index contributed by atoms with van der Waals surface area (Å²) >= 11 is 2.30. The quantitative estimate of drug-likeness (QED) is 0.318. The molecule has 0 aliphatic rings. The lowest BCUT2D eigenvalue weighted by atomic mass is 10.2. The van der Waals surface area contributed by atoms with Gasteiger partial charge in [0.15, 0.2) is 16.6 Å². The maximum atomic E-state index is 12.8. The summed E-state index contributed by atoms with van der Waals surface area (Å²) in [6, 6.07) is 14.1. The summed E-state index contributed by atoms with van der Waals surface area (Å²) in [5.74, 6) is -1.04. The van der Waals surface area contributed by atoms with E-state index < -0.39 is 17.6 Å². The molecular weight excluding hydrogens is 449 g/mol. The fraction of sp³-hybridized carbons (Fsp3) is 0.0476. The Hall–Kier alpha value is -3.24. The van der Waals surface area contributed by atoms with Crippen LogP contribution in [0.2, 0.25) is 0 Å². The summed E-state index contributed by atoms with van der Waals surface area (Å²) in [4.78, 5) is 18.2. The molecule has 1 heterocycles. The average molecular weight is 462 g/mol. The SMILES string of the molecule is O=C(Nc1nc2cc(O)c(O)cc2s1)c1ccccc1Sc1ccc(C(F)(F)F)cc1. The van der Waals surface area contributed by atoms with Crippen molar-refractivity contribution in [2.45, 2.75) is 16.0 Å². The van der Waals surface area contributed by atoms with E-state index in [-0.39, 0.29) is 16.6 Å². The minimum Gasteiger partial charge on any atom is -0.504 e. The molecule has 0 radical (unpaired) electrons. The number of aromatic hydroxyl groups is 2. The first-order chi connectivity index (χ1) is 14.7. The summed E-state index contributed by atoms with van der Waals surface area (Å²) in [5.41, 5.74) is 0.0103. The Labute approximate surface area is 182 Å². The third kappa shape index (κ3) is 4.59. The smallest absolute Gasteiger partial charge is 0.416 e. The Balaban J connectivity index is 1.56. The highest BCUT2D eigenvalue weighted by Gasteiger charge is 2.30. The van der Waals surface area contributed by atoms with E-state index in [0.717, 1.165) is 23.5 Å². The predicted octanol–water partition coefficient (Wildman–Crippen LogP) is 6.13. The number of carbonyl (C=O) groups excluding carboxylic acids is 1. The molecule has 158 valence electrons. The standard InChI is InChI=1S/C21H13F3N2O3S2/c22-21(23,24)11-5-7-12(8-6-11)30-17-4-2-1-3-13(17)19(29)26-20-25-14-9-15(27)16(28)10-18(14)31-20/h1-10,27-28H,(H,25,26,29). The van der Waals surface area contributed by atoms with Gasteiger partial charge in [0, 0.05) is 21.9 Å². The van der Waals surface area contributed by atoms with Gasteiger partial charge < -0.3 is 10.2 Å². The number of nitrogens with one attached hydrogen (secondary N) is 1. The zero-order chi connectivity index (χ0) is 22.2. The van der Waals surface area contributed by atoms with Crippen molar-refractivity contribution in [1.82, 2.24) is 4.98 Å². The van der Waals surface area contributed by atoms with Crippen LogP contribution in [0.15, 0.2) is 70.5 Å². The maximum absolute atomic E-state index is 12.8. The number of nitrogens with zero attached hydrogens (tertiary/aromatic N) is 1. The first-order valence-corrected chi connectivity index (χ1v) is 10.4. The largest absolute Gasteiger partial charge is 0.504 e. The molecule has 4 rings (SSSR count). The number of phenolic OH excluding ortho intramolecular Hbond substituents is 2. The van der Waals surface area contributed by atoms with Gasteiger partial charge >= 0.3 is 6.18 Å². The van der Waals surface area contributed by atoms with E-state index in [1.807, 2.05) is 0 Å². The third-order valence-electron chi connectivity index (χ3n) is 4.25. The van der Waals surface area contributed by atoms with Gasteiger partial charge in [-0.15, -0.1) is 0 Å². The van der Waals surface area contributed by atoms with Crippen LogP contribution in [-0.4, -0.2) is 21.1 Å². The fourth-order valence-corrected chi connectivity index (χ4v) is 4.57. The van der Waals surface area contributed by atoms with Gasteiger partial charge in [0.1, 0.15) is 0 Å². The molecule has 3 N–H and O–H groups in total. The van der Waals surface area contributed by atoms with Gasteiger partial charge in [-0.3, -0.25) is 10.1 Å². The van der Waals surface area contributed by atoms with Gasteiger partial charge in [-0.2, -0.15) is 13.2 Å². The van der Waals surface area contributed by atoms with Crippen LogP contribution in [0, 0.1) is 0 Å². The van der Waals surface area contributed by atoms with E-state index in [1.54, 1.807) is 24.3 Å². The second-order valence-electron chi connectivity index (χ2n) is 6.40. The van der Waals surface area contributed by atoms with Gasteiger partial charge in [-0.25, -0.2) is 4.98 Å². The number of hydrogen-bond acceptors (Lipinski definition) is 6. The number of benzene rings is 3. The summed E-state index contributed by atoms with van der Waals surface area (Å²) in [6.45, 7) is 0. The van der Waals surface area contributed by atoms with Gasteiger partial charge in [-0.05, 0) is 36.4 Å². The van der Waals surface area contributed by atoms with Gasteiger partial charge in [0.2, 0.25) is 0 Å². The number of phenols is 2. The van der Waals surface area contributed by atoms with Crippen LogP contribution in [0.4, 0.5) is 18.3 Å². The molecule has 0 fully saturated rings. The molecule has 10 heteroatoms. The molecule has 1 amide bonds. The summed E-state index contributed by atoms with van der Waals surface area (Å²) < 4.78 is 38.8. The number of anilines is 1. The van der Waals surface area contributed by atoms with Crippen molar-refractivity contribution < 1.29 is 28.2 Å². The number of aromatic nitrogens is 1. The molecule has 0 saturated carbocycles. The number of halogens is 3. The zero-order valence-electron chi connectivity index (χ0n) is 15.5. The van der Waals surface area contributed by atoms with Crippen LogP contribution >= 0.6 is 23.1 Å². The predicted molar refractivity (Wildman–Crippen MR) is 113 cm³/mol. The first kappa shape index (κ1) is 21.0. The highest BCUT2D eigenvalue weighted by molar-refractivity contribution is 7.99. The molecule has 0 aliphatic heterocycles. The molecule has 3 aromatic carbocycles. The van der Waals surface area contributed by atoms with Crippen LogP contribution in [0.3, 0.4) is 0 Å². The molecule has 0 bridgehead atoms. The Kier molecular flexibility index (Phi) is 5.50. The van der Waals surface area contributed by atoms with E-state index in [2.05, 4.69) is 10.3 Å². The number of hydrogen-bond donors (Lipinski definition) is 3. The highest BCUT2D eigenvalue weighted by atomic mass is 32.2. The van der Waals surface area contributed by atoms with Crippen molar-refractivity contribution in [2.75, 3.05) is 5.32 Å². The van der Waals surface area contributed by atoms with Gasteiger partial charge in [0.05, 0.1) is 21.3 Å². The topological polar surface area (TPSA) is 82.5 Å². The molecule has 0 saturated heterocycles. The monoisotopic (exact) mass is 462 g/mol. The Morgan fingerprint density at radius 3 is 2.39 bits per heavy atom. The number of rotatable bonds is 4. The number of thiazole rings is 1. The van der Waals surface area contributed by atoms with E-state index >= 15 is 0 Å². The van der Waals surface area contributed by atoms with Crippen LogP contribution in [0.5, 0.6) is 11.5 Å². The van der Waals surface area contributed by atoms with Crippen LogP contribution in [0.1, 0.15) is 15.9 Å². The van der Waals surface area contributed by atoms with Gasteiger partial charge in [0.25, 0.3) is 5.91 Å². The Bertz CT molecular complexity index is 1230. The summed E-state index contributed by atoms with van der Waals surface area (Å²) in [7, 11) is 0. The molecule has 0 unspecified atom stereocenters. The Morgan fingerprint density at radius 1 is 1.00 bits per heavy atom. The van der Waals surface area contributed by atoms with Crippen molar-refractivity contribution in [3.63, 3.8) is 0 Å². The average Bonchev–Trinajstić information content (AvgIpc) is 3.09. The molecule has 4 aromatic rings. The number of carbonyl (C=O) groups is 1. The molecule has 5 nitrogen and oxygen atoms in total. The lowest BCUT2D eigenvalue weighted by Gasteiger charge is -2.10. The fourth-order valence-electron chi connectivity index (χ4n) is 2.75. The molecule has 0 spiro atoms. The summed E-state index contributed by atoms with van der Waals surface area (Å²) in [5, 5.41) is 22.1. The maximum Gasteiger partial charge on any atom is 0.416 e. The molecule has 0 atom stereocenters. The number of fused-ring (bicyclic) bond motifs is 1. The highest BCUT2D eigenvalue weighted by Crippen LogP contribution is 2.36.